The average molecular weight is 268 g/mol. The Morgan fingerprint density at radius 2 is 2.28 bits per heavy atom. The molecule has 0 aliphatic carbocycles. The van der Waals surface area contributed by atoms with Gasteiger partial charge in [-0.2, -0.15) is 0 Å². The van der Waals surface area contributed by atoms with Crippen LogP contribution >= 0.6 is 12.4 Å². The van der Waals surface area contributed by atoms with Crippen molar-refractivity contribution >= 4 is 12.4 Å². The molecule has 1 aromatic heterocycles. The van der Waals surface area contributed by atoms with Gasteiger partial charge in [-0.05, 0) is 49.9 Å². The van der Waals surface area contributed by atoms with E-state index >= 15 is 0 Å². The molecule has 3 rings (SSSR count). The summed E-state index contributed by atoms with van der Waals surface area (Å²) in [5.41, 5.74) is 3.03. The normalized spacial score (nSPS) is 27.6. The van der Waals surface area contributed by atoms with E-state index < -0.39 is 0 Å². The minimum absolute atomic E-state index is 0. The van der Waals surface area contributed by atoms with Crippen LogP contribution in [0.2, 0.25) is 0 Å². The third kappa shape index (κ3) is 2.85. The second-order valence-corrected chi connectivity index (χ2v) is 5.70. The molecule has 0 saturated carbocycles. The van der Waals surface area contributed by atoms with Gasteiger partial charge < -0.3 is 5.32 Å². The zero-order valence-corrected chi connectivity index (χ0v) is 11.8. The molecule has 3 nitrogen and oxygen atoms in total. The first-order valence-corrected chi connectivity index (χ1v) is 6.60. The molecule has 100 valence electrons. The summed E-state index contributed by atoms with van der Waals surface area (Å²) >= 11 is 0. The Balaban J connectivity index is 0.00000120. The Hall–Kier alpha value is -0.640. The second kappa shape index (κ2) is 5.55. The average Bonchev–Trinajstić information content (AvgIpc) is 2.94. The number of nitrogens with one attached hydrogen (secondary N) is 1. The molecule has 1 N–H and O–H groups in total. The van der Waals surface area contributed by atoms with Gasteiger partial charge in [0.15, 0.2) is 0 Å². The quantitative estimate of drug-likeness (QED) is 0.888. The summed E-state index contributed by atoms with van der Waals surface area (Å²) in [6.07, 6.45) is 4.74. The van der Waals surface area contributed by atoms with Crippen molar-refractivity contribution in [2.75, 3.05) is 26.2 Å². The number of rotatable bonds is 2. The summed E-state index contributed by atoms with van der Waals surface area (Å²) in [6, 6.07) is 4.32. The molecule has 1 spiro atoms. The predicted molar refractivity (Wildman–Crippen MR) is 76.0 cm³/mol. The highest BCUT2D eigenvalue weighted by atomic mass is 35.5. The molecule has 4 heteroatoms. The van der Waals surface area contributed by atoms with E-state index in [1.54, 1.807) is 0 Å². The van der Waals surface area contributed by atoms with E-state index in [4.69, 9.17) is 0 Å². The fourth-order valence-electron chi connectivity index (χ4n) is 3.16. The molecule has 0 aromatic carbocycles. The highest BCUT2D eigenvalue weighted by molar-refractivity contribution is 5.85. The van der Waals surface area contributed by atoms with Gasteiger partial charge in [0, 0.05) is 31.5 Å². The summed E-state index contributed by atoms with van der Waals surface area (Å²) in [5.74, 6) is 0. The summed E-state index contributed by atoms with van der Waals surface area (Å²) in [6.45, 7) is 8.03. The molecular weight excluding hydrogens is 246 g/mol. The minimum atomic E-state index is 0. The molecule has 1 atom stereocenters. The van der Waals surface area contributed by atoms with Crippen molar-refractivity contribution in [3.05, 3.63) is 29.6 Å². The maximum atomic E-state index is 4.37. The van der Waals surface area contributed by atoms with Gasteiger partial charge in [-0.25, -0.2) is 0 Å². The SMILES string of the molecule is Cc1ccc(CN2CCC3(CCNC3)C2)cn1.Cl. The predicted octanol–water partition coefficient (Wildman–Crippen LogP) is 2.00. The molecule has 2 saturated heterocycles. The molecule has 0 bridgehead atoms. The highest BCUT2D eigenvalue weighted by Crippen LogP contribution is 2.36. The van der Waals surface area contributed by atoms with Crippen LogP contribution in [-0.4, -0.2) is 36.1 Å². The number of nitrogens with zero attached hydrogens (tertiary/aromatic N) is 2. The fraction of sp³-hybridized carbons (Fsp3) is 0.643. The Kier molecular flexibility index (Phi) is 4.25. The first-order chi connectivity index (χ1) is 8.26. The fourth-order valence-corrected chi connectivity index (χ4v) is 3.16. The van der Waals surface area contributed by atoms with Gasteiger partial charge in [-0.1, -0.05) is 6.07 Å². The topological polar surface area (TPSA) is 28.2 Å². The molecule has 3 heterocycles. The van der Waals surface area contributed by atoms with Gasteiger partial charge in [0.05, 0.1) is 0 Å². The van der Waals surface area contributed by atoms with Gasteiger partial charge in [0.1, 0.15) is 0 Å². The third-order valence-corrected chi connectivity index (χ3v) is 4.23. The van der Waals surface area contributed by atoms with Crippen molar-refractivity contribution in [1.29, 1.82) is 0 Å². The standard InChI is InChI=1S/C14H21N3.ClH/c1-12-2-3-13(8-16-12)9-17-7-5-14(11-17)4-6-15-10-14;/h2-3,8,15H,4-7,9-11H2,1H3;1H. The number of aromatic nitrogens is 1. The lowest BCUT2D eigenvalue weighted by atomic mass is 9.87. The van der Waals surface area contributed by atoms with Crippen molar-refractivity contribution in [2.24, 2.45) is 5.41 Å². The number of likely N-dealkylation sites (tertiary alicyclic amines) is 1. The highest BCUT2D eigenvalue weighted by Gasteiger charge is 2.39. The van der Waals surface area contributed by atoms with Crippen molar-refractivity contribution < 1.29 is 0 Å². The van der Waals surface area contributed by atoms with Crippen molar-refractivity contribution in [1.82, 2.24) is 15.2 Å². The molecule has 2 aliphatic rings. The van der Waals surface area contributed by atoms with E-state index in [-0.39, 0.29) is 12.4 Å². The van der Waals surface area contributed by atoms with Gasteiger partial charge in [0.2, 0.25) is 0 Å². The molecule has 2 fully saturated rings. The maximum absolute atomic E-state index is 4.37. The van der Waals surface area contributed by atoms with Crippen molar-refractivity contribution in [3.63, 3.8) is 0 Å². The van der Waals surface area contributed by atoms with Gasteiger partial charge in [0.25, 0.3) is 0 Å². The lowest BCUT2D eigenvalue weighted by Gasteiger charge is -2.22. The van der Waals surface area contributed by atoms with Crippen LogP contribution in [0.1, 0.15) is 24.1 Å². The molecule has 0 amide bonds. The lowest BCUT2D eigenvalue weighted by molar-refractivity contribution is 0.268. The van der Waals surface area contributed by atoms with Crippen LogP contribution in [0.15, 0.2) is 18.3 Å². The number of halogens is 1. The van der Waals surface area contributed by atoms with E-state index in [0.29, 0.717) is 5.41 Å². The summed E-state index contributed by atoms with van der Waals surface area (Å²) in [4.78, 5) is 6.95. The van der Waals surface area contributed by atoms with E-state index in [0.717, 1.165) is 12.2 Å². The van der Waals surface area contributed by atoms with Crippen LogP contribution in [0.4, 0.5) is 0 Å². The van der Waals surface area contributed by atoms with Crippen LogP contribution in [-0.2, 0) is 6.54 Å². The first kappa shape index (κ1) is 13.8. The van der Waals surface area contributed by atoms with Crippen LogP contribution in [0.5, 0.6) is 0 Å². The zero-order valence-electron chi connectivity index (χ0n) is 11.0. The van der Waals surface area contributed by atoms with Crippen molar-refractivity contribution in [2.45, 2.75) is 26.3 Å². The largest absolute Gasteiger partial charge is 0.316 e. The number of hydrogen-bond donors (Lipinski definition) is 1. The van der Waals surface area contributed by atoms with Crippen LogP contribution < -0.4 is 5.32 Å². The van der Waals surface area contributed by atoms with Crippen molar-refractivity contribution in [3.8, 4) is 0 Å². The van der Waals surface area contributed by atoms with Crippen LogP contribution in [0, 0.1) is 12.3 Å². The Bertz CT molecular complexity index is 385. The van der Waals surface area contributed by atoms with E-state index in [2.05, 4.69) is 27.3 Å². The third-order valence-electron chi connectivity index (χ3n) is 4.23. The summed E-state index contributed by atoms with van der Waals surface area (Å²) in [5, 5.41) is 3.51. The van der Waals surface area contributed by atoms with E-state index in [1.165, 1.54) is 44.6 Å². The molecule has 1 aromatic rings. The van der Waals surface area contributed by atoms with E-state index in [9.17, 15) is 0 Å². The van der Waals surface area contributed by atoms with Crippen LogP contribution in [0.3, 0.4) is 0 Å². The van der Waals surface area contributed by atoms with Gasteiger partial charge in [-0.3, -0.25) is 9.88 Å². The molecule has 0 radical (unpaired) electrons. The number of pyridine rings is 1. The second-order valence-electron chi connectivity index (χ2n) is 5.70. The molecule has 2 aliphatic heterocycles. The summed E-state index contributed by atoms with van der Waals surface area (Å²) in [7, 11) is 0. The lowest BCUT2D eigenvalue weighted by Crippen LogP contribution is -2.28. The smallest absolute Gasteiger partial charge is 0.0372 e. The maximum Gasteiger partial charge on any atom is 0.0372 e. The number of aryl methyl sites for hydroxylation is 1. The van der Waals surface area contributed by atoms with Gasteiger partial charge >= 0.3 is 0 Å². The monoisotopic (exact) mass is 267 g/mol. The molecular formula is C14H22ClN3. The molecule has 18 heavy (non-hydrogen) atoms. The zero-order chi connectivity index (χ0) is 11.7. The molecule has 1 unspecified atom stereocenters. The van der Waals surface area contributed by atoms with Gasteiger partial charge in [-0.15, -0.1) is 12.4 Å². The summed E-state index contributed by atoms with van der Waals surface area (Å²) < 4.78 is 0. The number of hydrogen-bond acceptors (Lipinski definition) is 3. The first-order valence-electron chi connectivity index (χ1n) is 6.60. The Morgan fingerprint density at radius 3 is 2.94 bits per heavy atom. The Labute approximate surface area is 115 Å². The van der Waals surface area contributed by atoms with Crippen LogP contribution in [0.25, 0.3) is 0 Å². The van der Waals surface area contributed by atoms with E-state index in [1.807, 2.05) is 13.1 Å². The minimum Gasteiger partial charge on any atom is -0.316 e. The Morgan fingerprint density at radius 1 is 1.39 bits per heavy atom.